The van der Waals surface area contributed by atoms with Gasteiger partial charge >= 0.3 is 0 Å². The maximum atomic E-state index is 3.63. The number of halogens is 1. The molecule has 0 bridgehead atoms. The molecule has 0 nitrogen and oxygen atoms in total. The summed E-state index contributed by atoms with van der Waals surface area (Å²) in [6.45, 7) is 0. The molecule has 94 valence electrons. The summed E-state index contributed by atoms with van der Waals surface area (Å²) in [5.41, 5.74) is 5.11. The van der Waals surface area contributed by atoms with Crippen LogP contribution in [0.15, 0.2) is 71.2 Å². The van der Waals surface area contributed by atoms with Crippen molar-refractivity contribution in [2.75, 3.05) is 0 Å². The minimum absolute atomic E-state index is 1.13. The SMILES string of the molecule is Brc1cc(C2=CCCC=C2)cc(-c2ccccc2)c1. The van der Waals surface area contributed by atoms with E-state index in [2.05, 4.69) is 82.7 Å². The zero-order chi connectivity index (χ0) is 13.1. The number of hydrogen-bond acceptors (Lipinski definition) is 0. The van der Waals surface area contributed by atoms with E-state index in [1.54, 1.807) is 0 Å². The van der Waals surface area contributed by atoms with Crippen molar-refractivity contribution in [1.82, 2.24) is 0 Å². The lowest BCUT2D eigenvalue weighted by Gasteiger charge is -2.10. The largest absolute Gasteiger partial charge is 0.0836 e. The normalized spacial score (nSPS) is 14.3. The molecular formula is C18H15Br. The Hall–Kier alpha value is -1.60. The Bertz CT molecular complexity index is 636. The van der Waals surface area contributed by atoms with Crippen molar-refractivity contribution >= 4 is 21.5 Å². The maximum Gasteiger partial charge on any atom is 0.0187 e. The Morgan fingerprint density at radius 3 is 2.32 bits per heavy atom. The highest BCUT2D eigenvalue weighted by molar-refractivity contribution is 9.10. The van der Waals surface area contributed by atoms with Crippen LogP contribution >= 0.6 is 15.9 Å². The van der Waals surface area contributed by atoms with Crippen LogP contribution in [0.5, 0.6) is 0 Å². The van der Waals surface area contributed by atoms with Crippen LogP contribution in [0.4, 0.5) is 0 Å². The van der Waals surface area contributed by atoms with E-state index in [0.717, 1.165) is 17.3 Å². The van der Waals surface area contributed by atoms with Crippen molar-refractivity contribution in [3.05, 3.63) is 76.8 Å². The lowest BCUT2D eigenvalue weighted by Crippen LogP contribution is -1.88. The Morgan fingerprint density at radius 2 is 1.58 bits per heavy atom. The number of benzene rings is 2. The fraction of sp³-hybridized carbons (Fsp3) is 0.111. The second kappa shape index (κ2) is 5.58. The third-order valence-corrected chi connectivity index (χ3v) is 3.79. The van der Waals surface area contributed by atoms with Crippen molar-refractivity contribution in [3.63, 3.8) is 0 Å². The predicted octanol–water partition coefficient (Wildman–Crippen LogP) is 5.85. The molecule has 0 N–H and O–H groups in total. The summed E-state index contributed by atoms with van der Waals surface area (Å²) >= 11 is 3.63. The van der Waals surface area contributed by atoms with E-state index >= 15 is 0 Å². The molecule has 0 amide bonds. The molecule has 2 aromatic rings. The fourth-order valence-corrected chi connectivity index (χ4v) is 2.87. The standard InChI is InChI=1S/C18H15Br/c19-18-12-16(14-7-3-1-4-8-14)11-17(13-18)15-9-5-2-6-10-15/h1,3-5,7-13H,2,6H2. The first kappa shape index (κ1) is 12.4. The van der Waals surface area contributed by atoms with Gasteiger partial charge in [-0.1, -0.05) is 64.5 Å². The molecular weight excluding hydrogens is 296 g/mol. The van der Waals surface area contributed by atoms with Crippen LogP contribution in [0.2, 0.25) is 0 Å². The van der Waals surface area contributed by atoms with Gasteiger partial charge in [-0.25, -0.2) is 0 Å². The number of allylic oxidation sites excluding steroid dienone is 4. The monoisotopic (exact) mass is 310 g/mol. The Kier molecular flexibility index (Phi) is 3.65. The van der Waals surface area contributed by atoms with E-state index in [1.807, 2.05) is 0 Å². The summed E-state index contributed by atoms with van der Waals surface area (Å²) in [5, 5.41) is 0. The van der Waals surface area contributed by atoms with Gasteiger partial charge in [-0.3, -0.25) is 0 Å². The van der Waals surface area contributed by atoms with E-state index in [1.165, 1.54) is 22.3 Å². The van der Waals surface area contributed by atoms with E-state index < -0.39 is 0 Å². The van der Waals surface area contributed by atoms with Crippen LogP contribution in [0.3, 0.4) is 0 Å². The molecule has 0 heterocycles. The Labute approximate surface area is 122 Å². The molecule has 0 aromatic heterocycles. The van der Waals surface area contributed by atoms with E-state index in [0.29, 0.717) is 0 Å². The molecule has 3 rings (SSSR count). The van der Waals surface area contributed by atoms with Crippen LogP contribution in [-0.4, -0.2) is 0 Å². The lowest BCUT2D eigenvalue weighted by molar-refractivity contribution is 1.04. The van der Waals surface area contributed by atoms with Crippen molar-refractivity contribution in [1.29, 1.82) is 0 Å². The van der Waals surface area contributed by atoms with Gasteiger partial charge in [-0.2, -0.15) is 0 Å². The second-order valence-corrected chi connectivity index (χ2v) is 5.65. The number of rotatable bonds is 2. The van der Waals surface area contributed by atoms with Gasteiger partial charge in [0.2, 0.25) is 0 Å². The van der Waals surface area contributed by atoms with Crippen molar-refractivity contribution < 1.29 is 0 Å². The minimum atomic E-state index is 1.13. The average molecular weight is 311 g/mol. The molecule has 0 spiro atoms. The van der Waals surface area contributed by atoms with Gasteiger partial charge in [0.25, 0.3) is 0 Å². The fourth-order valence-electron chi connectivity index (χ4n) is 2.38. The third-order valence-electron chi connectivity index (χ3n) is 3.33. The predicted molar refractivity (Wildman–Crippen MR) is 85.9 cm³/mol. The van der Waals surface area contributed by atoms with E-state index in [4.69, 9.17) is 0 Å². The zero-order valence-corrected chi connectivity index (χ0v) is 12.2. The molecule has 0 unspecified atom stereocenters. The third kappa shape index (κ3) is 2.87. The van der Waals surface area contributed by atoms with Crippen molar-refractivity contribution in [2.24, 2.45) is 0 Å². The minimum Gasteiger partial charge on any atom is -0.0836 e. The van der Waals surface area contributed by atoms with Gasteiger partial charge in [0.15, 0.2) is 0 Å². The molecule has 0 saturated heterocycles. The van der Waals surface area contributed by atoms with Gasteiger partial charge in [0, 0.05) is 4.47 Å². The Morgan fingerprint density at radius 1 is 0.789 bits per heavy atom. The summed E-state index contributed by atoms with van der Waals surface area (Å²) in [6.07, 6.45) is 9.08. The topological polar surface area (TPSA) is 0 Å². The molecule has 1 aliphatic rings. The summed E-state index contributed by atoms with van der Waals surface area (Å²) in [5.74, 6) is 0. The summed E-state index contributed by atoms with van der Waals surface area (Å²) < 4.78 is 1.13. The molecule has 0 atom stereocenters. The highest BCUT2D eigenvalue weighted by Crippen LogP contribution is 2.30. The van der Waals surface area contributed by atoms with Gasteiger partial charge in [-0.15, -0.1) is 0 Å². The molecule has 0 fully saturated rings. The molecule has 2 aromatic carbocycles. The maximum absolute atomic E-state index is 3.63. The van der Waals surface area contributed by atoms with Gasteiger partial charge < -0.3 is 0 Å². The average Bonchev–Trinajstić information content (AvgIpc) is 2.48. The first-order valence-corrected chi connectivity index (χ1v) is 7.35. The summed E-state index contributed by atoms with van der Waals surface area (Å²) in [6, 6.07) is 17.1. The molecule has 1 aliphatic carbocycles. The first-order chi connectivity index (χ1) is 9.33. The Balaban J connectivity index is 2.06. The van der Waals surface area contributed by atoms with Crippen LogP contribution in [0.25, 0.3) is 16.7 Å². The van der Waals surface area contributed by atoms with E-state index in [-0.39, 0.29) is 0 Å². The molecule has 0 aliphatic heterocycles. The molecule has 19 heavy (non-hydrogen) atoms. The molecule has 1 heteroatoms. The summed E-state index contributed by atoms with van der Waals surface area (Å²) in [4.78, 5) is 0. The smallest absolute Gasteiger partial charge is 0.0187 e. The van der Waals surface area contributed by atoms with Gasteiger partial charge in [0.1, 0.15) is 0 Å². The second-order valence-electron chi connectivity index (χ2n) is 4.73. The van der Waals surface area contributed by atoms with E-state index in [9.17, 15) is 0 Å². The molecule has 0 radical (unpaired) electrons. The summed E-state index contributed by atoms with van der Waals surface area (Å²) in [7, 11) is 0. The highest BCUT2D eigenvalue weighted by atomic mass is 79.9. The van der Waals surface area contributed by atoms with Crippen molar-refractivity contribution in [2.45, 2.75) is 12.8 Å². The number of hydrogen-bond donors (Lipinski definition) is 0. The first-order valence-electron chi connectivity index (χ1n) is 6.56. The van der Waals surface area contributed by atoms with Gasteiger partial charge in [0.05, 0.1) is 0 Å². The quantitative estimate of drug-likeness (QED) is 0.652. The van der Waals surface area contributed by atoms with Crippen LogP contribution in [-0.2, 0) is 0 Å². The lowest BCUT2D eigenvalue weighted by atomic mass is 9.96. The zero-order valence-electron chi connectivity index (χ0n) is 10.6. The molecule has 0 saturated carbocycles. The van der Waals surface area contributed by atoms with Crippen LogP contribution < -0.4 is 0 Å². The highest BCUT2D eigenvalue weighted by Gasteiger charge is 2.06. The van der Waals surface area contributed by atoms with Crippen LogP contribution in [0, 0.1) is 0 Å². The van der Waals surface area contributed by atoms with Crippen LogP contribution in [0.1, 0.15) is 18.4 Å². The van der Waals surface area contributed by atoms with Crippen molar-refractivity contribution in [3.8, 4) is 11.1 Å². The van der Waals surface area contributed by atoms with Gasteiger partial charge in [-0.05, 0) is 53.3 Å².